The molecular weight excluding hydrogens is 304 g/mol. The third-order valence-corrected chi connectivity index (χ3v) is 3.75. The van der Waals surface area contributed by atoms with Gasteiger partial charge in [0.15, 0.2) is 0 Å². The van der Waals surface area contributed by atoms with Crippen LogP contribution in [0.5, 0.6) is 0 Å². The van der Waals surface area contributed by atoms with Crippen LogP contribution in [0.4, 0.5) is 11.4 Å². The summed E-state index contributed by atoms with van der Waals surface area (Å²) in [5.41, 5.74) is 3.89. The van der Waals surface area contributed by atoms with Crippen molar-refractivity contribution in [3.63, 3.8) is 0 Å². The molecule has 0 saturated heterocycles. The number of fused-ring (bicyclic) bond motifs is 1. The predicted molar refractivity (Wildman–Crippen MR) is 93.9 cm³/mol. The lowest BCUT2D eigenvalue weighted by Crippen LogP contribution is -2.39. The molecule has 0 aliphatic carbocycles. The van der Waals surface area contributed by atoms with Gasteiger partial charge in [0, 0.05) is 17.9 Å². The van der Waals surface area contributed by atoms with E-state index in [2.05, 4.69) is 15.3 Å². The molecule has 2 aromatic carbocycles. The van der Waals surface area contributed by atoms with Crippen LogP contribution in [-0.2, 0) is 9.59 Å². The third kappa shape index (κ3) is 3.12. The minimum absolute atomic E-state index is 0.412. The summed E-state index contributed by atoms with van der Waals surface area (Å²) in [6, 6.07) is 12.8. The highest BCUT2D eigenvalue weighted by Crippen LogP contribution is 2.18. The number of hydrogen-bond donors (Lipinski definition) is 2. The zero-order valence-corrected chi connectivity index (χ0v) is 13.5. The molecule has 0 fully saturated rings. The topological polar surface area (TPSA) is 78.1 Å². The predicted octanol–water partition coefficient (Wildman–Crippen LogP) is 2.86. The Morgan fingerprint density at radius 3 is 2.79 bits per heavy atom. The Labute approximate surface area is 139 Å². The van der Waals surface area contributed by atoms with Crippen LogP contribution in [0.2, 0.25) is 0 Å². The van der Waals surface area contributed by atoms with E-state index in [1.165, 1.54) is 4.90 Å². The number of rotatable bonds is 3. The number of H-pyrrole nitrogens is 1. The monoisotopic (exact) mass is 322 g/mol. The molecule has 0 bridgehead atoms. The number of aryl methyl sites for hydroxylation is 1. The van der Waals surface area contributed by atoms with E-state index in [0.717, 1.165) is 16.6 Å². The first kappa shape index (κ1) is 15.7. The van der Waals surface area contributed by atoms with E-state index < -0.39 is 11.8 Å². The van der Waals surface area contributed by atoms with Crippen molar-refractivity contribution in [3.05, 3.63) is 54.4 Å². The number of nitrogens with zero attached hydrogens (tertiary/aromatic N) is 2. The fourth-order valence-electron chi connectivity index (χ4n) is 2.56. The summed E-state index contributed by atoms with van der Waals surface area (Å²) in [5, 5.41) is 2.64. The molecule has 0 saturated carbocycles. The molecule has 0 atom stereocenters. The maximum Gasteiger partial charge on any atom is 0.316 e. The normalized spacial score (nSPS) is 10.6. The highest BCUT2D eigenvalue weighted by Gasteiger charge is 2.22. The summed E-state index contributed by atoms with van der Waals surface area (Å²) in [7, 11) is 0. The first-order valence-corrected chi connectivity index (χ1v) is 7.71. The van der Waals surface area contributed by atoms with E-state index in [0.29, 0.717) is 17.9 Å². The van der Waals surface area contributed by atoms with Crippen LogP contribution < -0.4 is 10.2 Å². The number of amides is 2. The molecule has 2 N–H and O–H groups in total. The number of hydrogen-bond acceptors (Lipinski definition) is 3. The zero-order valence-electron chi connectivity index (χ0n) is 13.5. The lowest BCUT2D eigenvalue weighted by atomic mass is 10.2. The van der Waals surface area contributed by atoms with E-state index in [9.17, 15) is 9.59 Å². The van der Waals surface area contributed by atoms with Gasteiger partial charge in [-0.15, -0.1) is 0 Å². The standard InChI is InChI=1S/C18H18N4O2/c1-3-22(14-6-4-5-12(2)9-14)18(24)17(23)21-13-7-8-15-16(10-13)20-11-19-15/h4-11H,3H2,1-2H3,(H,19,20)(H,21,23). The molecule has 0 spiro atoms. The number of anilines is 2. The second-order valence-electron chi connectivity index (χ2n) is 5.48. The first-order valence-electron chi connectivity index (χ1n) is 7.71. The van der Waals surface area contributed by atoms with Crippen LogP contribution >= 0.6 is 0 Å². The van der Waals surface area contributed by atoms with Crippen molar-refractivity contribution < 1.29 is 9.59 Å². The van der Waals surface area contributed by atoms with Gasteiger partial charge in [-0.1, -0.05) is 12.1 Å². The van der Waals surface area contributed by atoms with Crippen molar-refractivity contribution >= 4 is 34.2 Å². The molecule has 0 aliphatic heterocycles. The van der Waals surface area contributed by atoms with Crippen LogP contribution in [0.25, 0.3) is 11.0 Å². The van der Waals surface area contributed by atoms with Crippen molar-refractivity contribution in [1.29, 1.82) is 0 Å². The van der Waals surface area contributed by atoms with E-state index in [-0.39, 0.29) is 0 Å². The number of carbonyl (C=O) groups is 2. The fraction of sp³-hybridized carbons (Fsp3) is 0.167. The Morgan fingerprint density at radius 1 is 1.21 bits per heavy atom. The van der Waals surface area contributed by atoms with Crippen LogP contribution in [0.3, 0.4) is 0 Å². The number of aromatic amines is 1. The molecule has 6 heteroatoms. The average Bonchev–Trinajstić information content (AvgIpc) is 3.03. The van der Waals surface area contributed by atoms with Gasteiger partial charge < -0.3 is 15.2 Å². The Bertz CT molecular complexity index is 901. The molecule has 3 rings (SSSR count). The van der Waals surface area contributed by atoms with Crippen molar-refractivity contribution in [2.45, 2.75) is 13.8 Å². The quantitative estimate of drug-likeness (QED) is 0.728. The smallest absolute Gasteiger partial charge is 0.316 e. The SMILES string of the molecule is CCN(C(=O)C(=O)Nc1ccc2nc[nH]c2c1)c1cccc(C)c1. The molecule has 1 heterocycles. The second-order valence-corrected chi connectivity index (χ2v) is 5.48. The third-order valence-electron chi connectivity index (χ3n) is 3.75. The van der Waals surface area contributed by atoms with E-state index in [4.69, 9.17) is 0 Å². The molecule has 1 aromatic heterocycles. The molecule has 0 unspecified atom stereocenters. The maximum atomic E-state index is 12.5. The summed E-state index contributed by atoms with van der Waals surface area (Å²) in [6.07, 6.45) is 1.58. The molecule has 2 amide bonds. The number of aromatic nitrogens is 2. The summed E-state index contributed by atoms with van der Waals surface area (Å²) < 4.78 is 0. The molecule has 24 heavy (non-hydrogen) atoms. The number of benzene rings is 2. The summed E-state index contributed by atoms with van der Waals surface area (Å²) >= 11 is 0. The molecule has 3 aromatic rings. The van der Waals surface area contributed by atoms with Gasteiger partial charge in [-0.3, -0.25) is 9.59 Å². The van der Waals surface area contributed by atoms with Gasteiger partial charge in [-0.2, -0.15) is 0 Å². The largest absolute Gasteiger partial charge is 0.345 e. The van der Waals surface area contributed by atoms with Gasteiger partial charge >= 0.3 is 11.8 Å². The number of carbonyl (C=O) groups excluding carboxylic acids is 2. The van der Waals surface area contributed by atoms with Crippen LogP contribution in [0.15, 0.2) is 48.8 Å². The molecule has 6 nitrogen and oxygen atoms in total. The van der Waals surface area contributed by atoms with Gasteiger partial charge in [0.25, 0.3) is 0 Å². The lowest BCUT2D eigenvalue weighted by molar-refractivity contribution is -0.134. The van der Waals surface area contributed by atoms with E-state index in [1.807, 2.05) is 38.1 Å². The Kier molecular flexibility index (Phi) is 4.29. The van der Waals surface area contributed by atoms with Gasteiger partial charge in [-0.05, 0) is 49.7 Å². The molecule has 0 radical (unpaired) electrons. The average molecular weight is 322 g/mol. The Morgan fingerprint density at radius 2 is 2.04 bits per heavy atom. The van der Waals surface area contributed by atoms with Crippen molar-refractivity contribution in [3.8, 4) is 0 Å². The van der Waals surface area contributed by atoms with Gasteiger partial charge in [0.1, 0.15) is 0 Å². The number of likely N-dealkylation sites (N-methyl/N-ethyl adjacent to an activating group) is 1. The Balaban J connectivity index is 1.78. The maximum absolute atomic E-state index is 12.5. The van der Waals surface area contributed by atoms with Crippen molar-refractivity contribution in [1.82, 2.24) is 9.97 Å². The van der Waals surface area contributed by atoms with E-state index >= 15 is 0 Å². The molecular formula is C18H18N4O2. The van der Waals surface area contributed by atoms with Crippen LogP contribution in [0.1, 0.15) is 12.5 Å². The molecule has 0 aliphatic rings. The number of nitrogens with one attached hydrogen (secondary N) is 2. The lowest BCUT2D eigenvalue weighted by Gasteiger charge is -2.20. The van der Waals surface area contributed by atoms with Gasteiger partial charge in [0.2, 0.25) is 0 Å². The zero-order chi connectivity index (χ0) is 17.1. The van der Waals surface area contributed by atoms with Crippen molar-refractivity contribution in [2.24, 2.45) is 0 Å². The van der Waals surface area contributed by atoms with Crippen molar-refractivity contribution in [2.75, 3.05) is 16.8 Å². The fourth-order valence-corrected chi connectivity index (χ4v) is 2.56. The summed E-state index contributed by atoms with van der Waals surface area (Å²) in [6.45, 7) is 4.20. The van der Waals surface area contributed by atoms with Crippen LogP contribution in [0, 0.1) is 6.92 Å². The summed E-state index contributed by atoms with van der Waals surface area (Å²) in [4.78, 5) is 33.4. The first-order chi connectivity index (χ1) is 11.6. The second kappa shape index (κ2) is 6.54. The van der Waals surface area contributed by atoms with Gasteiger partial charge in [-0.25, -0.2) is 4.98 Å². The molecule has 122 valence electrons. The van der Waals surface area contributed by atoms with Gasteiger partial charge in [0.05, 0.1) is 17.4 Å². The van der Waals surface area contributed by atoms with Crippen LogP contribution in [-0.4, -0.2) is 28.3 Å². The summed E-state index contributed by atoms with van der Waals surface area (Å²) in [5.74, 6) is -1.26. The minimum Gasteiger partial charge on any atom is -0.345 e. The highest BCUT2D eigenvalue weighted by atomic mass is 16.2. The van der Waals surface area contributed by atoms with E-state index in [1.54, 1.807) is 24.5 Å². The highest BCUT2D eigenvalue weighted by molar-refractivity contribution is 6.44. The minimum atomic E-state index is -0.669. The number of imidazole rings is 1. The Hall–Kier alpha value is -3.15.